The molecule has 1 atom stereocenters. The summed E-state index contributed by atoms with van der Waals surface area (Å²) in [4.78, 5) is 23.0. The van der Waals surface area contributed by atoms with Crippen LogP contribution in [0.15, 0.2) is 24.4 Å². The Morgan fingerprint density at radius 3 is 2.96 bits per heavy atom. The van der Waals surface area contributed by atoms with Crippen LogP contribution in [-0.4, -0.2) is 20.3 Å². The molecule has 0 saturated heterocycles. The SMILES string of the molecule is Cc1cn2c3c(nc2s1)CNC(=O)C[C@@H]3c1cccc2c(C)c(C)[nH]c12. The molecule has 1 aliphatic heterocycles. The average Bonchev–Trinajstić information content (AvgIpc) is 3.18. The van der Waals surface area contributed by atoms with Gasteiger partial charge in [0.2, 0.25) is 5.91 Å². The van der Waals surface area contributed by atoms with Gasteiger partial charge in [0.05, 0.1) is 17.9 Å². The highest BCUT2D eigenvalue weighted by molar-refractivity contribution is 7.17. The predicted octanol–water partition coefficient (Wildman–Crippen LogP) is 3.95. The van der Waals surface area contributed by atoms with E-state index in [2.05, 4.69) is 59.9 Å². The summed E-state index contributed by atoms with van der Waals surface area (Å²) in [7, 11) is 0. The minimum atomic E-state index is -0.0161. The number of nitrogens with one attached hydrogen (secondary N) is 2. The summed E-state index contributed by atoms with van der Waals surface area (Å²) in [6, 6.07) is 6.39. The van der Waals surface area contributed by atoms with E-state index in [0.29, 0.717) is 13.0 Å². The lowest BCUT2D eigenvalue weighted by Gasteiger charge is -2.16. The van der Waals surface area contributed by atoms with Gasteiger partial charge in [-0.1, -0.05) is 18.2 Å². The first-order valence-corrected chi connectivity index (χ1v) is 9.66. The Morgan fingerprint density at radius 1 is 1.27 bits per heavy atom. The van der Waals surface area contributed by atoms with Gasteiger partial charge >= 0.3 is 0 Å². The van der Waals surface area contributed by atoms with E-state index in [9.17, 15) is 4.79 Å². The highest BCUT2D eigenvalue weighted by Crippen LogP contribution is 2.38. The van der Waals surface area contributed by atoms with Gasteiger partial charge < -0.3 is 10.3 Å². The maximum Gasteiger partial charge on any atom is 0.221 e. The number of fused-ring (bicyclic) bond motifs is 4. The molecular weight excluding hydrogens is 344 g/mol. The Labute approximate surface area is 155 Å². The van der Waals surface area contributed by atoms with Crippen LogP contribution in [0.3, 0.4) is 0 Å². The molecule has 0 saturated carbocycles. The summed E-state index contributed by atoms with van der Waals surface area (Å²) in [6.07, 6.45) is 2.58. The van der Waals surface area contributed by atoms with Crippen molar-refractivity contribution < 1.29 is 4.79 Å². The maximum atomic E-state index is 12.4. The fraction of sp³-hybridized carbons (Fsp3) is 0.300. The average molecular weight is 364 g/mol. The first-order valence-electron chi connectivity index (χ1n) is 8.84. The van der Waals surface area contributed by atoms with E-state index in [1.54, 1.807) is 11.3 Å². The zero-order chi connectivity index (χ0) is 18.0. The summed E-state index contributed by atoms with van der Waals surface area (Å²) >= 11 is 1.69. The molecule has 0 unspecified atom stereocenters. The number of amides is 1. The van der Waals surface area contributed by atoms with Crippen molar-refractivity contribution in [3.05, 3.63) is 57.5 Å². The predicted molar refractivity (Wildman–Crippen MR) is 104 cm³/mol. The van der Waals surface area contributed by atoms with E-state index in [0.717, 1.165) is 21.9 Å². The molecule has 6 heteroatoms. The fourth-order valence-electron chi connectivity index (χ4n) is 4.11. The molecule has 4 heterocycles. The number of imidazole rings is 1. The Bertz CT molecular complexity index is 1180. The Kier molecular flexibility index (Phi) is 3.28. The molecule has 0 spiro atoms. The van der Waals surface area contributed by atoms with Crippen molar-refractivity contribution in [2.24, 2.45) is 0 Å². The minimum Gasteiger partial charge on any atom is -0.358 e. The smallest absolute Gasteiger partial charge is 0.221 e. The van der Waals surface area contributed by atoms with E-state index in [4.69, 9.17) is 4.98 Å². The molecule has 4 aromatic rings. The van der Waals surface area contributed by atoms with Gasteiger partial charge in [-0.15, -0.1) is 11.3 Å². The van der Waals surface area contributed by atoms with Gasteiger partial charge in [0.1, 0.15) is 0 Å². The van der Waals surface area contributed by atoms with Crippen molar-refractivity contribution in [2.75, 3.05) is 0 Å². The Balaban J connectivity index is 1.81. The van der Waals surface area contributed by atoms with Crippen molar-refractivity contribution in [2.45, 2.75) is 39.7 Å². The van der Waals surface area contributed by atoms with Gasteiger partial charge in [0.25, 0.3) is 0 Å². The second kappa shape index (κ2) is 5.45. The number of aromatic amines is 1. The van der Waals surface area contributed by atoms with Crippen molar-refractivity contribution in [3.63, 3.8) is 0 Å². The minimum absolute atomic E-state index is 0.0161. The molecule has 0 fully saturated rings. The van der Waals surface area contributed by atoms with Crippen LogP contribution in [0.2, 0.25) is 0 Å². The number of thiazole rings is 1. The molecule has 0 bridgehead atoms. The summed E-state index contributed by atoms with van der Waals surface area (Å²) in [5, 5.41) is 4.24. The number of rotatable bonds is 1. The van der Waals surface area contributed by atoms with Gasteiger partial charge in [-0.25, -0.2) is 4.98 Å². The van der Waals surface area contributed by atoms with Crippen LogP contribution < -0.4 is 5.32 Å². The number of para-hydroxylation sites is 1. The maximum absolute atomic E-state index is 12.4. The number of carbonyl (C=O) groups excluding carboxylic acids is 1. The van der Waals surface area contributed by atoms with Crippen LogP contribution >= 0.6 is 11.3 Å². The third kappa shape index (κ3) is 2.15. The molecule has 132 valence electrons. The molecule has 5 nitrogen and oxygen atoms in total. The monoisotopic (exact) mass is 364 g/mol. The number of carbonyl (C=O) groups is 1. The molecule has 0 aliphatic carbocycles. The Morgan fingerprint density at radius 2 is 2.12 bits per heavy atom. The molecule has 26 heavy (non-hydrogen) atoms. The van der Waals surface area contributed by atoms with Gasteiger partial charge in [-0.3, -0.25) is 9.20 Å². The van der Waals surface area contributed by atoms with Crippen molar-refractivity contribution in [1.29, 1.82) is 0 Å². The molecule has 3 aromatic heterocycles. The summed E-state index contributed by atoms with van der Waals surface area (Å²) in [5.41, 5.74) is 6.86. The third-order valence-electron chi connectivity index (χ3n) is 5.48. The highest BCUT2D eigenvalue weighted by Gasteiger charge is 2.31. The number of hydrogen-bond donors (Lipinski definition) is 2. The van der Waals surface area contributed by atoms with Crippen LogP contribution in [0.25, 0.3) is 15.9 Å². The van der Waals surface area contributed by atoms with Crippen LogP contribution in [0.1, 0.15) is 45.4 Å². The number of H-pyrrole nitrogens is 1. The molecule has 5 rings (SSSR count). The second-order valence-corrected chi connectivity index (χ2v) is 8.33. The van der Waals surface area contributed by atoms with Gasteiger partial charge in [0, 0.05) is 40.0 Å². The first kappa shape index (κ1) is 15.6. The Hall–Kier alpha value is -2.60. The standard InChI is InChI=1S/C20H20N4OS/c1-10-9-24-19-15(7-17(25)21-8-16(19)23-20(24)26-10)14-6-4-5-13-11(2)12(3)22-18(13)14/h4-6,9,15,22H,7-8H2,1-3H3,(H,21,25)/t15-/m1/s1. The fourth-order valence-corrected chi connectivity index (χ4v) is 4.96. The van der Waals surface area contributed by atoms with Gasteiger partial charge in [-0.2, -0.15) is 0 Å². The normalized spacial score (nSPS) is 17.5. The van der Waals surface area contributed by atoms with Crippen LogP contribution in [-0.2, 0) is 11.3 Å². The second-order valence-electron chi connectivity index (χ2n) is 7.12. The molecule has 1 amide bonds. The van der Waals surface area contributed by atoms with E-state index in [1.807, 2.05) is 0 Å². The molecule has 1 aromatic carbocycles. The number of aromatic nitrogens is 3. The number of nitrogens with zero attached hydrogens (tertiary/aromatic N) is 2. The quantitative estimate of drug-likeness (QED) is 0.537. The molecular formula is C20H20N4OS. The lowest BCUT2D eigenvalue weighted by molar-refractivity contribution is -0.121. The van der Waals surface area contributed by atoms with Crippen molar-refractivity contribution >= 4 is 33.1 Å². The van der Waals surface area contributed by atoms with E-state index >= 15 is 0 Å². The van der Waals surface area contributed by atoms with Crippen LogP contribution in [0.4, 0.5) is 0 Å². The highest BCUT2D eigenvalue weighted by atomic mass is 32.1. The van der Waals surface area contributed by atoms with E-state index < -0.39 is 0 Å². The number of hydrogen-bond acceptors (Lipinski definition) is 3. The number of benzene rings is 1. The van der Waals surface area contributed by atoms with Crippen molar-refractivity contribution in [1.82, 2.24) is 19.7 Å². The van der Waals surface area contributed by atoms with E-state index in [-0.39, 0.29) is 11.8 Å². The molecule has 0 radical (unpaired) electrons. The summed E-state index contributed by atoms with van der Waals surface area (Å²) in [5.74, 6) is 0.0587. The zero-order valence-corrected chi connectivity index (χ0v) is 15.8. The lowest BCUT2D eigenvalue weighted by atomic mass is 9.90. The largest absolute Gasteiger partial charge is 0.358 e. The first-order chi connectivity index (χ1) is 12.5. The lowest BCUT2D eigenvalue weighted by Crippen LogP contribution is -2.21. The zero-order valence-electron chi connectivity index (χ0n) is 15.0. The van der Waals surface area contributed by atoms with Gasteiger partial charge in [0.15, 0.2) is 4.96 Å². The van der Waals surface area contributed by atoms with Crippen LogP contribution in [0, 0.1) is 20.8 Å². The summed E-state index contributed by atoms with van der Waals surface area (Å²) in [6.45, 7) is 6.84. The summed E-state index contributed by atoms with van der Waals surface area (Å²) < 4.78 is 2.18. The van der Waals surface area contributed by atoms with E-state index in [1.165, 1.54) is 27.1 Å². The molecule has 2 N–H and O–H groups in total. The van der Waals surface area contributed by atoms with Gasteiger partial charge in [-0.05, 0) is 31.9 Å². The number of aryl methyl sites for hydroxylation is 3. The molecule has 1 aliphatic rings. The third-order valence-corrected chi connectivity index (χ3v) is 6.38. The van der Waals surface area contributed by atoms with Crippen molar-refractivity contribution in [3.8, 4) is 0 Å². The van der Waals surface area contributed by atoms with Crippen LogP contribution in [0.5, 0.6) is 0 Å². The topological polar surface area (TPSA) is 62.2 Å².